The first-order valence-corrected chi connectivity index (χ1v) is 11.9. The fraction of sp³-hybridized carbons (Fsp3) is 0.208. The van der Waals surface area contributed by atoms with Gasteiger partial charge in [-0.15, -0.1) is 0 Å². The number of halogens is 1. The number of anilines is 3. The molecule has 0 bridgehead atoms. The van der Waals surface area contributed by atoms with Gasteiger partial charge in [0.25, 0.3) is 10.0 Å². The predicted molar refractivity (Wildman–Crippen MR) is 126 cm³/mol. The van der Waals surface area contributed by atoms with Crippen LogP contribution in [0, 0.1) is 12.7 Å². The highest BCUT2D eigenvalue weighted by molar-refractivity contribution is 7.92. The number of para-hydroxylation sites is 1. The molecule has 0 atom stereocenters. The Labute approximate surface area is 192 Å². The Kier molecular flexibility index (Phi) is 6.24. The van der Waals surface area contributed by atoms with E-state index >= 15 is 0 Å². The van der Waals surface area contributed by atoms with Crippen LogP contribution in [0.3, 0.4) is 0 Å². The van der Waals surface area contributed by atoms with Gasteiger partial charge < -0.3 is 14.9 Å². The maximum absolute atomic E-state index is 14.1. The highest BCUT2D eigenvalue weighted by Gasteiger charge is 2.24. The zero-order valence-corrected chi connectivity index (χ0v) is 18.8. The zero-order valence-electron chi connectivity index (χ0n) is 18.0. The molecule has 7 nitrogen and oxygen atoms in total. The number of benzene rings is 3. The van der Waals surface area contributed by atoms with Crippen LogP contribution in [0.1, 0.15) is 15.9 Å². The minimum atomic E-state index is -3.86. The van der Waals surface area contributed by atoms with Crippen molar-refractivity contribution in [2.75, 3.05) is 40.7 Å². The van der Waals surface area contributed by atoms with Crippen molar-refractivity contribution in [2.45, 2.75) is 11.8 Å². The first-order chi connectivity index (χ1) is 15.8. The van der Waals surface area contributed by atoms with E-state index in [1.165, 1.54) is 18.2 Å². The summed E-state index contributed by atoms with van der Waals surface area (Å²) in [6.07, 6.45) is 0. The van der Waals surface area contributed by atoms with Crippen molar-refractivity contribution in [3.05, 3.63) is 83.7 Å². The summed E-state index contributed by atoms with van der Waals surface area (Å²) in [7, 11) is -3.86. The second-order valence-electron chi connectivity index (χ2n) is 7.83. The molecule has 0 amide bonds. The lowest BCUT2D eigenvalue weighted by atomic mass is 10.1. The Bertz CT molecular complexity index is 1290. The molecule has 3 aromatic carbocycles. The van der Waals surface area contributed by atoms with Gasteiger partial charge in [0, 0.05) is 31.9 Å². The molecule has 172 valence electrons. The van der Waals surface area contributed by atoms with Crippen molar-refractivity contribution in [1.29, 1.82) is 0 Å². The number of aromatic carboxylic acids is 1. The Hall–Kier alpha value is -3.59. The van der Waals surface area contributed by atoms with E-state index in [-0.39, 0.29) is 22.0 Å². The summed E-state index contributed by atoms with van der Waals surface area (Å²) >= 11 is 0. The number of carbonyl (C=O) groups is 1. The molecule has 0 spiro atoms. The van der Waals surface area contributed by atoms with Gasteiger partial charge in [-0.1, -0.05) is 30.3 Å². The topological polar surface area (TPSA) is 90.0 Å². The van der Waals surface area contributed by atoms with Gasteiger partial charge in [-0.2, -0.15) is 0 Å². The van der Waals surface area contributed by atoms with E-state index in [9.17, 15) is 22.7 Å². The average Bonchev–Trinajstić information content (AvgIpc) is 2.79. The van der Waals surface area contributed by atoms with Gasteiger partial charge in [-0.25, -0.2) is 17.6 Å². The monoisotopic (exact) mass is 469 g/mol. The molecule has 1 aliphatic heterocycles. The van der Waals surface area contributed by atoms with E-state index in [2.05, 4.69) is 4.72 Å². The molecule has 0 unspecified atom stereocenters. The highest BCUT2D eigenvalue weighted by Crippen LogP contribution is 2.29. The van der Waals surface area contributed by atoms with E-state index in [0.717, 1.165) is 0 Å². The summed E-state index contributed by atoms with van der Waals surface area (Å²) in [6.45, 7) is 3.76. The lowest BCUT2D eigenvalue weighted by Crippen LogP contribution is -2.47. The number of sulfonamides is 1. The Balaban J connectivity index is 1.54. The summed E-state index contributed by atoms with van der Waals surface area (Å²) in [4.78, 5) is 16.0. The average molecular weight is 470 g/mol. The lowest BCUT2D eigenvalue weighted by molar-refractivity contribution is 0.0697. The molecule has 9 heteroatoms. The van der Waals surface area contributed by atoms with Crippen LogP contribution in [0.2, 0.25) is 0 Å². The van der Waals surface area contributed by atoms with Crippen LogP contribution >= 0.6 is 0 Å². The Morgan fingerprint density at radius 1 is 0.909 bits per heavy atom. The number of aryl methyl sites for hydroxylation is 1. The van der Waals surface area contributed by atoms with Crippen molar-refractivity contribution in [3.63, 3.8) is 0 Å². The fourth-order valence-electron chi connectivity index (χ4n) is 4.01. The van der Waals surface area contributed by atoms with Gasteiger partial charge in [-0.3, -0.25) is 4.72 Å². The second-order valence-corrected chi connectivity index (χ2v) is 9.48. The third-order valence-corrected chi connectivity index (χ3v) is 7.22. The number of nitrogens with one attached hydrogen (secondary N) is 1. The van der Waals surface area contributed by atoms with E-state index in [4.69, 9.17) is 0 Å². The number of piperazine rings is 1. The molecular formula is C24H24FN3O4S. The number of rotatable bonds is 6. The first-order valence-electron chi connectivity index (χ1n) is 10.5. The molecule has 0 aromatic heterocycles. The van der Waals surface area contributed by atoms with Crippen LogP contribution in [0.4, 0.5) is 21.5 Å². The highest BCUT2D eigenvalue weighted by atomic mass is 32.2. The predicted octanol–water partition coefficient (Wildman–Crippen LogP) is 3.96. The molecule has 0 radical (unpaired) electrons. The number of hydrogen-bond acceptors (Lipinski definition) is 5. The third-order valence-electron chi connectivity index (χ3n) is 5.68. The normalized spacial score (nSPS) is 14.2. The second kappa shape index (κ2) is 9.11. The number of nitrogens with zero attached hydrogens (tertiary/aromatic N) is 2. The number of carboxylic acid groups (broad SMARTS) is 1. The number of carboxylic acids is 1. The molecule has 0 saturated carbocycles. The van der Waals surface area contributed by atoms with Gasteiger partial charge in [0.05, 0.1) is 21.8 Å². The first kappa shape index (κ1) is 22.6. The summed E-state index contributed by atoms with van der Waals surface area (Å²) in [5.41, 5.74) is 1.78. The quantitative estimate of drug-likeness (QED) is 0.568. The molecular weight excluding hydrogens is 445 g/mol. The van der Waals surface area contributed by atoms with Crippen LogP contribution in [-0.4, -0.2) is 45.7 Å². The van der Waals surface area contributed by atoms with Crippen molar-refractivity contribution in [1.82, 2.24) is 0 Å². The smallest absolute Gasteiger partial charge is 0.337 e. The van der Waals surface area contributed by atoms with Gasteiger partial charge in [-0.05, 0) is 48.9 Å². The minimum Gasteiger partial charge on any atom is -0.478 e. The Morgan fingerprint density at radius 2 is 1.52 bits per heavy atom. The summed E-state index contributed by atoms with van der Waals surface area (Å²) < 4.78 is 42.1. The molecule has 0 aliphatic carbocycles. The lowest BCUT2D eigenvalue weighted by Gasteiger charge is -2.38. The van der Waals surface area contributed by atoms with E-state index in [1.54, 1.807) is 55.5 Å². The largest absolute Gasteiger partial charge is 0.478 e. The molecule has 4 rings (SSSR count). The zero-order chi connectivity index (χ0) is 23.6. The summed E-state index contributed by atoms with van der Waals surface area (Å²) in [5.74, 6) is -1.44. The molecule has 33 heavy (non-hydrogen) atoms. The van der Waals surface area contributed by atoms with Crippen LogP contribution < -0.4 is 14.5 Å². The summed E-state index contributed by atoms with van der Waals surface area (Å²) in [5, 5.41) is 9.78. The van der Waals surface area contributed by atoms with Gasteiger partial charge in [0.1, 0.15) is 5.82 Å². The molecule has 1 heterocycles. The van der Waals surface area contributed by atoms with Crippen LogP contribution in [0.15, 0.2) is 71.6 Å². The SMILES string of the molecule is Cc1ccccc1S(=O)(=O)Nc1ccc(N2CCN(c3ccccc3F)CC2)c(C(=O)O)c1. The van der Waals surface area contributed by atoms with Gasteiger partial charge in [0.2, 0.25) is 0 Å². The Morgan fingerprint density at radius 3 is 2.15 bits per heavy atom. The standard InChI is InChI=1S/C24H24FN3O4S/c1-17-6-2-5-9-23(17)33(31,32)26-18-10-11-21(19(16-18)24(29)30)27-12-14-28(15-13-27)22-8-4-3-7-20(22)25/h2-11,16,26H,12-15H2,1H3,(H,29,30). The van der Waals surface area contributed by atoms with Crippen molar-refractivity contribution < 1.29 is 22.7 Å². The van der Waals surface area contributed by atoms with Crippen LogP contribution in [-0.2, 0) is 10.0 Å². The molecule has 1 aliphatic rings. The van der Waals surface area contributed by atoms with Crippen LogP contribution in [0.5, 0.6) is 0 Å². The van der Waals surface area contributed by atoms with Gasteiger partial charge in [0.15, 0.2) is 0 Å². The molecule has 3 aromatic rings. The van der Waals surface area contributed by atoms with Crippen molar-refractivity contribution in [3.8, 4) is 0 Å². The van der Waals surface area contributed by atoms with Crippen LogP contribution in [0.25, 0.3) is 0 Å². The van der Waals surface area contributed by atoms with Gasteiger partial charge >= 0.3 is 5.97 Å². The molecule has 1 saturated heterocycles. The maximum Gasteiger partial charge on any atom is 0.337 e. The minimum absolute atomic E-state index is 0.000625. The fourth-order valence-corrected chi connectivity index (χ4v) is 5.31. The van der Waals surface area contributed by atoms with Crippen molar-refractivity contribution >= 4 is 33.1 Å². The molecule has 2 N–H and O–H groups in total. The number of hydrogen-bond donors (Lipinski definition) is 2. The van der Waals surface area contributed by atoms with Crippen molar-refractivity contribution in [2.24, 2.45) is 0 Å². The van der Waals surface area contributed by atoms with E-state index < -0.39 is 16.0 Å². The maximum atomic E-state index is 14.1. The van der Waals surface area contributed by atoms with E-state index in [1.807, 2.05) is 9.80 Å². The third kappa shape index (κ3) is 4.78. The molecule has 1 fully saturated rings. The summed E-state index contributed by atoms with van der Waals surface area (Å²) in [6, 6.07) is 17.6. The van der Waals surface area contributed by atoms with E-state index in [0.29, 0.717) is 43.1 Å².